The van der Waals surface area contributed by atoms with Crippen molar-refractivity contribution in [2.75, 3.05) is 19.6 Å². The molecule has 0 atom stereocenters. The van der Waals surface area contributed by atoms with Gasteiger partial charge in [-0.3, -0.25) is 9.59 Å². The second-order valence-electron chi connectivity index (χ2n) is 6.74. The van der Waals surface area contributed by atoms with Crippen molar-refractivity contribution >= 4 is 11.8 Å². The van der Waals surface area contributed by atoms with Gasteiger partial charge in [0.25, 0.3) is 5.91 Å². The van der Waals surface area contributed by atoms with Crippen LogP contribution in [0.5, 0.6) is 0 Å². The van der Waals surface area contributed by atoms with Gasteiger partial charge in [0.05, 0.1) is 11.3 Å². The Morgan fingerprint density at radius 2 is 2.04 bits per heavy atom. The van der Waals surface area contributed by atoms with E-state index < -0.39 is 0 Å². The van der Waals surface area contributed by atoms with E-state index in [1.807, 2.05) is 4.90 Å². The van der Waals surface area contributed by atoms with E-state index in [1.165, 1.54) is 25.6 Å². The molecule has 1 saturated heterocycles. The largest absolute Gasteiger partial charge is 0.336 e. The second kappa shape index (κ2) is 7.73. The lowest BCUT2D eigenvalue weighted by Crippen LogP contribution is -2.55. The molecule has 0 bridgehead atoms. The summed E-state index contributed by atoms with van der Waals surface area (Å²) in [6.07, 6.45) is 10.6. The van der Waals surface area contributed by atoms with Gasteiger partial charge in [-0.2, -0.15) is 0 Å². The fourth-order valence-electron chi connectivity index (χ4n) is 3.78. The maximum atomic E-state index is 12.8. The van der Waals surface area contributed by atoms with E-state index in [1.54, 1.807) is 11.1 Å². The fourth-order valence-corrected chi connectivity index (χ4v) is 3.78. The molecule has 0 unspecified atom stereocenters. The Bertz CT molecular complexity index is 598. The van der Waals surface area contributed by atoms with E-state index in [-0.39, 0.29) is 18.4 Å². The average molecular weight is 330 g/mol. The van der Waals surface area contributed by atoms with Gasteiger partial charge in [0.15, 0.2) is 0 Å². The van der Waals surface area contributed by atoms with Crippen LogP contribution >= 0.6 is 0 Å². The van der Waals surface area contributed by atoms with Crippen molar-refractivity contribution in [1.29, 1.82) is 0 Å². The Balaban J connectivity index is 1.67. The highest BCUT2D eigenvalue weighted by Crippen LogP contribution is 2.24. The fraction of sp³-hybridized carbons (Fsp3) is 0.667. The molecular formula is C18H26N4O2. The van der Waals surface area contributed by atoms with Crippen LogP contribution in [-0.4, -0.2) is 57.3 Å². The second-order valence-corrected chi connectivity index (χ2v) is 6.74. The molecule has 1 aromatic rings. The highest BCUT2D eigenvalue weighted by Gasteiger charge is 2.33. The monoisotopic (exact) mass is 330 g/mol. The van der Waals surface area contributed by atoms with E-state index in [2.05, 4.69) is 16.9 Å². The smallest absolute Gasteiger partial charge is 0.257 e. The van der Waals surface area contributed by atoms with Gasteiger partial charge in [0, 0.05) is 25.3 Å². The Morgan fingerprint density at radius 1 is 1.25 bits per heavy atom. The molecule has 0 aromatic carbocycles. The van der Waals surface area contributed by atoms with Gasteiger partial charge in [-0.15, -0.1) is 0 Å². The van der Waals surface area contributed by atoms with E-state index in [9.17, 15) is 9.59 Å². The molecule has 0 radical (unpaired) electrons. The number of carbonyl (C=O) groups is 2. The number of piperazine rings is 1. The van der Waals surface area contributed by atoms with E-state index in [0.717, 1.165) is 31.4 Å². The van der Waals surface area contributed by atoms with Gasteiger partial charge in [-0.25, -0.2) is 9.97 Å². The molecular weight excluding hydrogens is 304 g/mol. The maximum absolute atomic E-state index is 12.8. The summed E-state index contributed by atoms with van der Waals surface area (Å²) < 4.78 is 0. The molecule has 6 nitrogen and oxygen atoms in total. The lowest BCUT2D eigenvalue weighted by atomic mass is 9.93. The van der Waals surface area contributed by atoms with Crippen molar-refractivity contribution in [3.05, 3.63) is 23.8 Å². The van der Waals surface area contributed by atoms with Crippen LogP contribution in [0.2, 0.25) is 0 Å². The van der Waals surface area contributed by atoms with Crippen LogP contribution < -0.4 is 0 Å². The highest BCUT2D eigenvalue weighted by molar-refractivity contribution is 5.97. The third-order valence-corrected chi connectivity index (χ3v) is 5.07. The van der Waals surface area contributed by atoms with Crippen LogP contribution in [0, 0.1) is 0 Å². The summed E-state index contributed by atoms with van der Waals surface area (Å²) in [5.74, 6) is -0.0360. The van der Waals surface area contributed by atoms with Crippen molar-refractivity contribution in [1.82, 2.24) is 19.8 Å². The van der Waals surface area contributed by atoms with Crippen molar-refractivity contribution in [3.63, 3.8) is 0 Å². The number of aromatic nitrogens is 2. The summed E-state index contributed by atoms with van der Waals surface area (Å²) in [7, 11) is 0. The van der Waals surface area contributed by atoms with Gasteiger partial charge >= 0.3 is 0 Å². The van der Waals surface area contributed by atoms with Crippen molar-refractivity contribution in [2.45, 2.75) is 57.9 Å². The van der Waals surface area contributed by atoms with Gasteiger partial charge in [0.1, 0.15) is 12.9 Å². The zero-order valence-electron chi connectivity index (χ0n) is 14.4. The Morgan fingerprint density at radius 3 is 2.75 bits per heavy atom. The van der Waals surface area contributed by atoms with Crippen LogP contribution in [0.1, 0.15) is 61.5 Å². The average Bonchev–Trinajstić information content (AvgIpc) is 2.62. The van der Waals surface area contributed by atoms with E-state index in [4.69, 9.17) is 0 Å². The number of nitrogens with zero attached hydrogens (tertiary/aromatic N) is 4. The first-order valence-corrected chi connectivity index (χ1v) is 9.08. The molecule has 0 N–H and O–H groups in total. The number of hydrogen-bond donors (Lipinski definition) is 0. The lowest BCUT2D eigenvalue weighted by molar-refractivity contribution is -0.138. The summed E-state index contributed by atoms with van der Waals surface area (Å²) in [6.45, 7) is 3.48. The predicted octanol–water partition coefficient (Wildman–Crippen LogP) is 2.05. The zero-order chi connectivity index (χ0) is 16.9. The van der Waals surface area contributed by atoms with Crippen molar-refractivity contribution < 1.29 is 9.59 Å². The standard InChI is InChI=1S/C18H26N4O2/c1-2-6-16-15(11-19-13-20-16)18(24)21-9-10-22(17(23)12-21)14-7-4-3-5-8-14/h11,13-14H,2-10,12H2,1H3. The van der Waals surface area contributed by atoms with Gasteiger partial charge < -0.3 is 9.80 Å². The quantitative estimate of drug-likeness (QED) is 0.847. The minimum Gasteiger partial charge on any atom is -0.336 e. The lowest BCUT2D eigenvalue weighted by Gasteiger charge is -2.40. The van der Waals surface area contributed by atoms with Crippen LogP contribution in [0.3, 0.4) is 0 Å². The van der Waals surface area contributed by atoms with Crippen LogP contribution in [-0.2, 0) is 11.2 Å². The normalized spacial score (nSPS) is 19.6. The molecule has 2 fully saturated rings. The predicted molar refractivity (Wildman–Crippen MR) is 90.5 cm³/mol. The minimum atomic E-state index is -0.115. The SMILES string of the molecule is CCCc1ncncc1C(=O)N1CCN(C2CCCCC2)C(=O)C1. The number of carbonyl (C=O) groups excluding carboxylic acids is 2. The molecule has 6 heteroatoms. The molecule has 2 amide bonds. The van der Waals surface area contributed by atoms with Crippen LogP contribution in [0.15, 0.2) is 12.5 Å². The first kappa shape index (κ1) is 16.9. The van der Waals surface area contributed by atoms with Gasteiger partial charge in [-0.05, 0) is 19.3 Å². The Kier molecular flexibility index (Phi) is 5.43. The summed E-state index contributed by atoms with van der Waals surface area (Å²) in [6, 6.07) is 0.374. The molecule has 2 heterocycles. The number of amides is 2. The minimum absolute atomic E-state index is 0.0791. The third kappa shape index (κ3) is 3.57. The topological polar surface area (TPSA) is 66.4 Å². The molecule has 1 aliphatic carbocycles. The van der Waals surface area contributed by atoms with E-state index in [0.29, 0.717) is 24.7 Å². The first-order valence-electron chi connectivity index (χ1n) is 9.08. The van der Waals surface area contributed by atoms with Crippen molar-refractivity contribution in [3.8, 4) is 0 Å². The summed E-state index contributed by atoms with van der Waals surface area (Å²) in [4.78, 5) is 37.2. The Labute approximate surface area is 143 Å². The maximum Gasteiger partial charge on any atom is 0.257 e. The molecule has 130 valence electrons. The van der Waals surface area contributed by atoms with Crippen LogP contribution in [0.25, 0.3) is 0 Å². The highest BCUT2D eigenvalue weighted by atomic mass is 16.2. The number of rotatable bonds is 4. The Hall–Kier alpha value is -1.98. The molecule has 3 rings (SSSR count). The summed E-state index contributed by atoms with van der Waals surface area (Å²) in [5, 5.41) is 0. The van der Waals surface area contributed by atoms with E-state index >= 15 is 0 Å². The molecule has 0 spiro atoms. The zero-order valence-corrected chi connectivity index (χ0v) is 14.4. The van der Waals surface area contributed by atoms with Crippen LogP contribution in [0.4, 0.5) is 0 Å². The molecule has 1 saturated carbocycles. The number of hydrogen-bond acceptors (Lipinski definition) is 4. The number of aryl methyl sites for hydroxylation is 1. The van der Waals surface area contributed by atoms with Gasteiger partial charge in [-0.1, -0.05) is 32.6 Å². The van der Waals surface area contributed by atoms with Gasteiger partial charge in [0.2, 0.25) is 5.91 Å². The summed E-state index contributed by atoms with van der Waals surface area (Å²) >= 11 is 0. The third-order valence-electron chi connectivity index (χ3n) is 5.07. The van der Waals surface area contributed by atoms with Crippen molar-refractivity contribution in [2.24, 2.45) is 0 Å². The molecule has 24 heavy (non-hydrogen) atoms. The molecule has 2 aliphatic rings. The first-order chi connectivity index (χ1) is 11.7. The summed E-state index contributed by atoms with van der Waals surface area (Å²) in [5.41, 5.74) is 1.32. The molecule has 1 aliphatic heterocycles. The molecule has 1 aromatic heterocycles.